The third-order valence-corrected chi connectivity index (χ3v) is 7.08. The molecule has 1 aliphatic rings. The first-order valence-corrected chi connectivity index (χ1v) is 12.6. The molecule has 0 radical (unpaired) electrons. The number of fused-ring (bicyclic) bond motifs is 1. The molecule has 1 fully saturated rings. The Morgan fingerprint density at radius 1 is 0.941 bits per heavy atom. The Kier molecular flexibility index (Phi) is 7.99. The zero-order valence-electron chi connectivity index (χ0n) is 20.4. The summed E-state index contributed by atoms with van der Waals surface area (Å²) in [4.78, 5) is 28.4. The lowest BCUT2D eigenvalue weighted by molar-refractivity contribution is -0.141. The van der Waals surface area contributed by atoms with Crippen molar-refractivity contribution >= 4 is 22.6 Å². The molecule has 0 aromatic heterocycles. The van der Waals surface area contributed by atoms with E-state index in [-0.39, 0.29) is 17.9 Å². The van der Waals surface area contributed by atoms with Gasteiger partial charge in [0.05, 0.1) is 0 Å². The molecule has 3 aromatic rings. The molecule has 1 atom stereocenters. The molecule has 3 aromatic carbocycles. The van der Waals surface area contributed by atoms with Gasteiger partial charge in [0.1, 0.15) is 6.04 Å². The molecule has 0 bridgehead atoms. The van der Waals surface area contributed by atoms with Gasteiger partial charge in [-0.3, -0.25) is 9.59 Å². The molecule has 1 unspecified atom stereocenters. The van der Waals surface area contributed by atoms with Crippen molar-refractivity contribution in [2.24, 2.45) is 0 Å². The van der Waals surface area contributed by atoms with Crippen LogP contribution in [0.2, 0.25) is 0 Å². The zero-order chi connectivity index (χ0) is 23.9. The summed E-state index contributed by atoms with van der Waals surface area (Å²) in [7, 11) is 0. The van der Waals surface area contributed by atoms with Crippen molar-refractivity contribution in [2.75, 3.05) is 0 Å². The van der Waals surface area contributed by atoms with Crippen molar-refractivity contribution < 1.29 is 9.59 Å². The standard InChI is InChI=1S/C30H36N2O2/c1-22-15-17-24(18-16-22)21-32(23(2)30(34)31-27-12-4-3-5-13-27)29(33)20-19-26-11-8-10-25-9-6-7-14-28(25)26/h6-11,14-18,23,27H,3-5,12-13,19-21H2,1-2H3,(H,31,34). The minimum absolute atomic E-state index is 0.0137. The molecule has 4 heteroatoms. The van der Waals surface area contributed by atoms with Gasteiger partial charge in [0.15, 0.2) is 0 Å². The average Bonchev–Trinajstić information content (AvgIpc) is 2.87. The lowest BCUT2D eigenvalue weighted by Crippen LogP contribution is -2.50. The van der Waals surface area contributed by atoms with Gasteiger partial charge in [-0.2, -0.15) is 0 Å². The van der Waals surface area contributed by atoms with E-state index in [1.807, 2.05) is 37.3 Å². The molecule has 1 aliphatic carbocycles. The molecule has 4 nitrogen and oxygen atoms in total. The van der Waals surface area contributed by atoms with E-state index >= 15 is 0 Å². The van der Waals surface area contributed by atoms with Gasteiger partial charge >= 0.3 is 0 Å². The van der Waals surface area contributed by atoms with Crippen LogP contribution in [-0.4, -0.2) is 28.8 Å². The van der Waals surface area contributed by atoms with Gasteiger partial charge < -0.3 is 10.2 Å². The molecule has 0 saturated heterocycles. The van der Waals surface area contributed by atoms with Crippen molar-refractivity contribution in [3.8, 4) is 0 Å². The summed E-state index contributed by atoms with van der Waals surface area (Å²) in [6.45, 7) is 4.35. The molecule has 178 valence electrons. The van der Waals surface area contributed by atoms with Crippen molar-refractivity contribution in [3.05, 3.63) is 83.4 Å². The second-order valence-electron chi connectivity index (χ2n) is 9.67. The number of nitrogens with zero attached hydrogens (tertiary/aromatic N) is 1. The predicted molar refractivity (Wildman–Crippen MR) is 138 cm³/mol. The van der Waals surface area contributed by atoms with Crippen LogP contribution in [0.25, 0.3) is 10.8 Å². The summed E-state index contributed by atoms with van der Waals surface area (Å²) in [5.74, 6) is -0.0303. The maximum Gasteiger partial charge on any atom is 0.242 e. The lowest BCUT2D eigenvalue weighted by atomic mass is 9.95. The van der Waals surface area contributed by atoms with E-state index in [4.69, 9.17) is 0 Å². The molecule has 4 rings (SSSR count). The Hall–Kier alpha value is -3.14. The number of carbonyl (C=O) groups excluding carboxylic acids is 2. The minimum Gasteiger partial charge on any atom is -0.352 e. The fourth-order valence-corrected chi connectivity index (χ4v) is 4.94. The van der Waals surface area contributed by atoms with E-state index in [9.17, 15) is 9.59 Å². The van der Waals surface area contributed by atoms with E-state index in [0.717, 1.165) is 31.2 Å². The summed E-state index contributed by atoms with van der Waals surface area (Å²) < 4.78 is 0. The Morgan fingerprint density at radius 2 is 1.65 bits per heavy atom. The molecule has 0 spiro atoms. The third-order valence-electron chi connectivity index (χ3n) is 7.08. The van der Waals surface area contributed by atoms with Crippen LogP contribution in [0.3, 0.4) is 0 Å². The van der Waals surface area contributed by atoms with Gasteiger partial charge in [-0.25, -0.2) is 0 Å². The Labute approximate surface area is 203 Å². The molecule has 34 heavy (non-hydrogen) atoms. The highest BCUT2D eigenvalue weighted by Gasteiger charge is 2.28. The normalized spacial score (nSPS) is 15.1. The van der Waals surface area contributed by atoms with Crippen LogP contribution < -0.4 is 5.32 Å². The van der Waals surface area contributed by atoms with Gasteiger partial charge in [0.2, 0.25) is 11.8 Å². The van der Waals surface area contributed by atoms with Gasteiger partial charge in [-0.1, -0.05) is 91.6 Å². The Balaban J connectivity index is 1.49. The van der Waals surface area contributed by atoms with Crippen molar-refractivity contribution in [3.63, 3.8) is 0 Å². The van der Waals surface area contributed by atoms with Gasteiger partial charge in [0, 0.05) is 19.0 Å². The van der Waals surface area contributed by atoms with E-state index < -0.39 is 6.04 Å². The number of carbonyl (C=O) groups is 2. The topological polar surface area (TPSA) is 49.4 Å². The Bertz CT molecular complexity index is 1110. The van der Waals surface area contributed by atoms with Crippen LogP contribution in [0.4, 0.5) is 0 Å². The average molecular weight is 457 g/mol. The fourth-order valence-electron chi connectivity index (χ4n) is 4.94. The zero-order valence-corrected chi connectivity index (χ0v) is 20.4. The van der Waals surface area contributed by atoms with Crippen molar-refractivity contribution in [1.29, 1.82) is 0 Å². The first-order chi connectivity index (χ1) is 16.5. The second-order valence-corrected chi connectivity index (χ2v) is 9.67. The molecule has 2 amide bonds. The van der Waals surface area contributed by atoms with E-state index in [0.29, 0.717) is 19.4 Å². The number of amides is 2. The van der Waals surface area contributed by atoms with E-state index in [2.05, 4.69) is 48.6 Å². The number of rotatable bonds is 8. The van der Waals surface area contributed by atoms with E-state index in [1.54, 1.807) is 4.90 Å². The maximum atomic E-state index is 13.5. The molecule has 1 saturated carbocycles. The monoisotopic (exact) mass is 456 g/mol. The second kappa shape index (κ2) is 11.3. The summed E-state index contributed by atoms with van der Waals surface area (Å²) in [5.41, 5.74) is 3.39. The SMILES string of the molecule is Cc1ccc(CN(C(=O)CCc2cccc3ccccc23)C(C)C(=O)NC2CCCCC2)cc1. The first kappa shape index (κ1) is 24.0. The fraction of sp³-hybridized carbons (Fsp3) is 0.400. The molecular formula is C30H36N2O2. The number of nitrogens with one attached hydrogen (secondary N) is 1. The van der Waals surface area contributed by atoms with Crippen LogP contribution in [0, 0.1) is 6.92 Å². The molecule has 0 heterocycles. The number of benzene rings is 3. The molecule has 0 aliphatic heterocycles. The predicted octanol–water partition coefficient (Wildman–Crippen LogP) is 5.95. The van der Waals surface area contributed by atoms with Crippen molar-refractivity contribution in [2.45, 2.75) is 77.4 Å². The highest BCUT2D eigenvalue weighted by atomic mass is 16.2. The summed E-state index contributed by atoms with van der Waals surface area (Å²) >= 11 is 0. The summed E-state index contributed by atoms with van der Waals surface area (Å²) in [6.07, 6.45) is 6.67. The number of aryl methyl sites for hydroxylation is 2. The van der Waals surface area contributed by atoms with Crippen LogP contribution in [0.5, 0.6) is 0 Å². The lowest BCUT2D eigenvalue weighted by Gasteiger charge is -2.31. The third kappa shape index (κ3) is 6.05. The van der Waals surface area contributed by atoms with Crippen LogP contribution in [0.1, 0.15) is 62.1 Å². The number of hydrogen-bond donors (Lipinski definition) is 1. The maximum absolute atomic E-state index is 13.5. The summed E-state index contributed by atoms with van der Waals surface area (Å²) in [5, 5.41) is 5.58. The quantitative estimate of drug-likeness (QED) is 0.455. The van der Waals surface area contributed by atoms with Crippen molar-refractivity contribution in [1.82, 2.24) is 10.2 Å². The van der Waals surface area contributed by atoms with Crippen LogP contribution >= 0.6 is 0 Å². The largest absolute Gasteiger partial charge is 0.352 e. The first-order valence-electron chi connectivity index (χ1n) is 12.6. The van der Waals surface area contributed by atoms with Crippen LogP contribution in [-0.2, 0) is 22.6 Å². The van der Waals surface area contributed by atoms with E-state index in [1.165, 1.54) is 28.3 Å². The smallest absolute Gasteiger partial charge is 0.242 e. The van der Waals surface area contributed by atoms with Gasteiger partial charge in [-0.15, -0.1) is 0 Å². The minimum atomic E-state index is -0.511. The molecular weight excluding hydrogens is 420 g/mol. The number of hydrogen-bond acceptors (Lipinski definition) is 2. The van der Waals surface area contributed by atoms with Crippen LogP contribution in [0.15, 0.2) is 66.7 Å². The summed E-state index contributed by atoms with van der Waals surface area (Å²) in [6, 6.07) is 22.5. The highest BCUT2D eigenvalue weighted by Crippen LogP contribution is 2.22. The highest BCUT2D eigenvalue weighted by molar-refractivity contribution is 5.89. The Morgan fingerprint density at radius 3 is 2.41 bits per heavy atom. The van der Waals surface area contributed by atoms with Gasteiger partial charge in [0.25, 0.3) is 0 Å². The van der Waals surface area contributed by atoms with Gasteiger partial charge in [-0.05, 0) is 55.0 Å². The molecule has 1 N–H and O–H groups in total.